The molecule has 1 amide bonds. The zero-order valence-electron chi connectivity index (χ0n) is 9.89. The van der Waals surface area contributed by atoms with Gasteiger partial charge in [0.15, 0.2) is 0 Å². The van der Waals surface area contributed by atoms with E-state index in [9.17, 15) is 4.79 Å². The summed E-state index contributed by atoms with van der Waals surface area (Å²) in [6, 6.07) is 5.25. The van der Waals surface area contributed by atoms with Crippen LogP contribution in [0.15, 0.2) is 28.4 Å². The predicted octanol–water partition coefficient (Wildman–Crippen LogP) is 1.48. The van der Waals surface area contributed by atoms with E-state index in [1.807, 2.05) is 6.07 Å². The lowest BCUT2D eigenvalue weighted by Gasteiger charge is -2.09. The summed E-state index contributed by atoms with van der Waals surface area (Å²) in [7, 11) is 0. The fraction of sp³-hybridized carbons (Fsp3) is 0.385. The monoisotopic (exact) mass is 246 g/mol. The number of nitrogens with one attached hydrogen (secondary N) is 1. The molecule has 0 radical (unpaired) electrons. The Morgan fingerprint density at radius 2 is 2.56 bits per heavy atom. The van der Waals surface area contributed by atoms with Crippen LogP contribution in [-0.4, -0.2) is 25.2 Å². The molecule has 0 saturated carbocycles. The number of carbonyl (C=O) groups is 1. The van der Waals surface area contributed by atoms with Crippen molar-refractivity contribution in [3.8, 4) is 6.07 Å². The molecule has 1 N–H and O–H groups in total. The molecule has 94 valence electrons. The Balaban J connectivity index is 1.91. The molecule has 1 aliphatic heterocycles. The molecule has 1 saturated heterocycles. The van der Waals surface area contributed by atoms with Crippen LogP contribution in [0.5, 0.6) is 0 Å². The molecule has 2 heterocycles. The Morgan fingerprint density at radius 3 is 3.17 bits per heavy atom. The van der Waals surface area contributed by atoms with E-state index in [1.54, 1.807) is 12.1 Å². The largest absolute Gasteiger partial charge is 0.465 e. The standard InChI is InChI=1S/C13H14N2O3/c14-8-10(7-11-3-1-5-17-11)13(16)15-9-12-4-2-6-18-12/h1,3,5,7,12H,2,4,6,9H2,(H,15,16). The Hall–Kier alpha value is -2.06. The fourth-order valence-corrected chi connectivity index (χ4v) is 1.77. The predicted molar refractivity (Wildman–Crippen MR) is 64.3 cm³/mol. The first-order chi connectivity index (χ1) is 8.79. The highest BCUT2D eigenvalue weighted by atomic mass is 16.5. The highest BCUT2D eigenvalue weighted by Gasteiger charge is 2.17. The molecular formula is C13H14N2O3. The van der Waals surface area contributed by atoms with Gasteiger partial charge >= 0.3 is 0 Å². The van der Waals surface area contributed by atoms with Gasteiger partial charge in [-0.25, -0.2) is 0 Å². The van der Waals surface area contributed by atoms with Gasteiger partial charge in [-0.2, -0.15) is 5.26 Å². The van der Waals surface area contributed by atoms with Crippen LogP contribution in [0, 0.1) is 11.3 Å². The van der Waals surface area contributed by atoms with Crippen molar-refractivity contribution in [2.75, 3.05) is 13.2 Å². The number of hydrogen-bond acceptors (Lipinski definition) is 4. The molecule has 18 heavy (non-hydrogen) atoms. The van der Waals surface area contributed by atoms with E-state index >= 15 is 0 Å². The van der Waals surface area contributed by atoms with Crippen molar-refractivity contribution in [1.29, 1.82) is 5.26 Å². The van der Waals surface area contributed by atoms with Crippen LogP contribution >= 0.6 is 0 Å². The highest BCUT2D eigenvalue weighted by molar-refractivity contribution is 6.01. The molecule has 1 aliphatic rings. The van der Waals surface area contributed by atoms with Crippen LogP contribution in [0.25, 0.3) is 6.08 Å². The number of hydrogen-bond donors (Lipinski definition) is 1. The second kappa shape index (κ2) is 6.03. The first kappa shape index (κ1) is 12.4. The van der Waals surface area contributed by atoms with Crippen molar-refractivity contribution in [3.05, 3.63) is 29.7 Å². The lowest BCUT2D eigenvalue weighted by Crippen LogP contribution is -2.32. The zero-order valence-corrected chi connectivity index (χ0v) is 9.89. The lowest BCUT2D eigenvalue weighted by molar-refractivity contribution is -0.117. The first-order valence-electron chi connectivity index (χ1n) is 5.84. The van der Waals surface area contributed by atoms with Gasteiger partial charge in [-0.15, -0.1) is 0 Å². The summed E-state index contributed by atoms with van der Waals surface area (Å²) in [5.41, 5.74) is 0.0305. The molecule has 0 aliphatic carbocycles. The molecular weight excluding hydrogens is 232 g/mol. The Bertz CT molecular complexity index is 465. The van der Waals surface area contributed by atoms with E-state index < -0.39 is 5.91 Å². The van der Waals surface area contributed by atoms with Crippen molar-refractivity contribution in [2.45, 2.75) is 18.9 Å². The Kier molecular flexibility index (Phi) is 4.15. The lowest BCUT2D eigenvalue weighted by atomic mass is 10.2. The maximum atomic E-state index is 11.8. The van der Waals surface area contributed by atoms with E-state index in [-0.39, 0.29) is 11.7 Å². The summed E-state index contributed by atoms with van der Waals surface area (Å²) in [4.78, 5) is 11.8. The molecule has 1 unspecified atom stereocenters. The van der Waals surface area contributed by atoms with Gasteiger partial charge in [0, 0.05) is 19.2 Å². The maximum Gasteiger partial charge on any atom is 0.262 e. The first-order valence-corrected chi connectivity index (χ1v) is 5.84. The number of carbonyl (C=O) groups excluding carboxylic acids is 1. The van der Waals surface area contributed by atoms with E-state index in [1.165, 1.54) is 12.3 Å². The van der Waals surface area contributed by atoms with Gasteiger partial charge in [-0.1, -0.05) is 0 Å². The second-order valence-corrected chi connectivity index (χ2v) is 4.03. The fourth-order valence-electron chi connectivity index (χ4n) is 1.77. The van der Waals surface area contributed by atoms with Gasteiger partial charge in [-0.3, -0.25) is 4.79 Å². The number of ether oxygens (including phenoxy) is 1. The van der Waals surface area contributed by atoms with Crippen LogP contribution in [0.1, 0.15) is 18.6 Å². The molecule has 0 bridgehead atoms. The molecule has 1 atom stereocenters. The minimum absolute atomic E-state index is 0.0305. The molecule has 5 nitrogen and oxygen atoms in total. The Labute approximate surface area is 105 Å². The quantitative estimate of drug-likeness (QED) is 0.645. The average molecular weight is 246 g/mol. The summed E-state index contributed by atoms with van der Waals surface area (Å²) in [6.45, 7) is 1.18. The highest BCUT2D eigenvalue weighted by Crippen LogP contribution is 2.11. The summed E-state index contributed by atoms with van der Waals surface area (Å²) >= 11 is 0. The van der Waals surface area contributed by atoms with Crippen LogP contribution < -0.4 is 5.32 Å². The molecule has 0 spiro atoms. The minimum atomic E-state index is -0.399. The van der Waals surface area contributed by atoms with Gasteiger partial charge in [0.05, 0.1) is 12.4 Å². The SMILES string of the molecule is N#CC(=Cc1ccco1)C(=O)NCC1CCCO1. The number of nitrogens with zero attached hydrogens (tertiary/aromatic N) is 1. The minimum Gasteiger partial charge on any atom is -0.465 e. The zero-order chi connectivity index (χ0) is 12.8. The molecule has 5 heteroatoms. The second-order valence-electron chi connectivity index (χ2n) is 4.03. The van der Waals surface area contributed by atoms with E-state index in [4.69, 9.17) is 14.4 Å². The third kappa shape index (κ3) is 3.22. The molecule has 1 fully saturated rings. The van der Waals surface area contributed by atoms with Crippen LogP contribution in [0.3, 0.4) is 0 Å². The third-order valence-electron chi connectivity index (χ3n) is 2.71. The van der Waals surface area contributed by atoms with Crippen molar-refractivity contribution in [3.63, 3.8) is 0 Å². The van der Waals surface area contributed by atoms with Gasteiger partial charge in [0.1, 0.15) is 17.4 Å². The molecule has 0 aromatic carbocycles. The summed E-state index contributed by atoms with van der Waals surface area (Å²) in [5.74, 6) is 0.0863. The normalized spacial score (nSPS) is 19.5. The maximum absolute atomic E-state index is 11.8. The van der Waals surface area contributed by atoms with Crippen molar-refractivity contribution in [1.82, 2.24) is 5.32 Å². The summed E-state index contributed by atoms with van der Waals surface area (Å²) in [6.07, 6.45) is 4.95. The van der Waals surface area contributed by atoms with Gasteiger partial charge in [0.25, 0.3) is 5.91 Å². The van der Waals surface area contributed by atoms with Crippen molar-refractivity contribution >= 4 is 12.0 Å². The third-order valence-corrected chi connectivity index (χ3v) is 2.71. The van der Waals surface area contributed by atoms with Crippen LogP contribution in [0.4, 0.5) is 0 Å². The van der Waals surface area contributed by atoms with Crippen LogP contribution in [-0.2, 0) is 9.53 Å². The number of amides is 1. The number of nitriles is 1. The van der Waals surface area contributed by atoms with Gasteiger partial charge < -0.3 is 14.5 Å². The van der Waals surface area contributed by atoms with E-state index in [0.717, 1.165) is 19.4 Å². The van der Waals surface area contributed by atoms with Gasteiger partial charge in [0.2, 0.25) is 0 Å². The molecule has 1 aromatic rings. The van der Waals surface area contributed by atoms with E-state index in [0.29, 0.717) is 12.3 Å². The Morgan fingerprint density at radius 1 is 1.67 bits per heavy atom. The number of furan rings is 1. The topological polar surface area (TPSA) is 75.3 Å². The van der Waals surface area contributed by atoms with Gasteiger partial charge in [-0.05, 0) is 25.0 Å². The van der Waals surface area contributed by atoms with Crippen LogP contribution in [0.2, 0.25) is 0 Å². The smallest absolute Gasteiger partial charge is 0.262 e. The molecule has 1 aromatic heterocycles. The summed E-state index contributed by atoms with van der Waals surface area (Å²) < 4.78 is 10.4. The molecule has 2 rings (SSSR count). The van der Waals surface area contributed by atoms with E-state index in [2.05, 4.69) is 5.32 Å². The average Bonchev–Trinajstić information content (AvgIpc) is 3.06. The summed E-state index contributed by atoms with van der Waals surface area (Å²) in [5, 5.41) is 11.6. The van der Waals surface area contributed by atoms with Crippen molar-refractivity contribution < 1.29 is 13.9 Å². The van der Waals surface area contributed by atoms with Crippen molar-refractivity contribution in [2.24, 2.45) is 0 Å². The number of rotatable bonds is 4.